The van der Waals surface area contributed by atoms with Crippen molar-refractivity contribution in [1.29, 1.82) is 0 Å². The third-order valence-electron chi connectivity index (χ3n) is 3.71. The van der Waals surface area contributed by atoms with Crippen LogP contribution in [0.25, 0.3) is 0 Å². The molecule has 1 atom stereocenters. The number of aromatic nitrogens is 1. The van der Waals surface area contributed by atoms with Gasteiger partial charge in [0.25, 0.3) is 0 Å². The number of benzene rings is 1. The molecule has 2 heterocycles. The van der Waals surface area contributed by atoms with Gasteiger partial charge in [-0.2, -0.15) is 0 Å². The highest BCUT2D eigenvalue weighted by molar-refractivity contribution is 5.97. The van der Waals surface area contributed by atoms with E-state index in [0.29, 0.717) is 18.8 Å². The molecule has 1 aromatic carbocycles. The fourth-order valence-electron chi connectivity index (χ4n) is 2.55. The van der Waals surface area contributed by atoms with Gasteiger partial charge in [0.15, 0.2) is 0 Å². The molecule has 0 saturated carbocycles. The van der Waals surface area contributed by atoms with Crippen LogP contribution >= 0.6 is 0 Å². The van der Waals surface area contributed by atoms with Crippen LogP contribution in [-0.4, -0.2) is 29.5 Å². The number of hydrogen-bond acceptors (Lipinski definition) is 3. The highest BCUT2D eigenvalue weighted by Crippen LogP contribution is 2.22. The summed E-state index contributed by atoms with van der Waals surface area (Å²) < 4.78 is 0. The average Bonchev–Trinajstić information content (AvgIpc) is 2.89. The van der Waals surface area contributed by atoms with Crippen molar-refractivity contribution >= 4 is 23.4 Å². The van der Waals surface area contributed by atoms with E-state index in [2.05, 4.69) is 15.6 Å². The van der Waals surface area contributed by atoms with Crippen LogP contribution in [0.1, 0.15) is 12.0 Å². The minimum atomic E-state index is -0.354. The maximum atomic E-state index is 12.2. The number of aryl methyl sites for hydroxylation is 1. The summed E-state index contributed by atoms with van der Waals surface area (Å²) in [5, 5.41) is 5.47. The van der Waals surface area contributed by atoms with Crippen molar-refractivity contribution in [2.24, 2.45) is 0 Å². The summed E-state index contributed by atoms with van der Waals surface area (Å²) in [7, 11) is 0. The first-order valence-electron chi connectivity index (χ1n) is 7.47. The number of carbonyl (C=O) groups excluding carboxylic acids is 2. The number of rotatable bonds is 3. The lowest BCUT2D eigenvalue weighted by atomic mass is 10.2. The average molecular weight is 310 g/mol. The molecular weight excluding hydrogens is 292 g/mol. The van der Waals surface area contributed by atoms with Gasteiger partial charge >= 0.3 is 6.03 Å². The Labute approximate surface area is 134 Å². The van der Waals surface area contributed by atoms with Crippen molar-refractivity contribution < 1.29 is 9.59 Å². The number of amides is 3. The van der Waals surface area contributed by atoms with Crippen LogP contribution in [0, 0.1) is 6.92 Å². The Kier molecular flexibility index (Phi) is 4.23. The maximum absolute atomic E-state index is 12.2. The first kappa shape index (κ1) is 15.0. The Morgan fingerprint density at radius 2 is 2.00 bits per heavy atom. The topological polar surface area (TPSA) is 74.3 Å². The molecule has 2 N–H and O–H groups in total. The number of nitrogens with zero attached hydrogens (tertiary/aromatic N) is 2. The molecule has 118 valence electrons. The second kappa shape index (κ2) is 6.48. The lowest BCUT2D eigenvalue weighted by molar-refractivity contribution is -0.117. The zero-order valence-corrected chi connectivity index (χ0v) is 12.8. The van der Waals surface area contributed by atoms with Crippen LogP contribution in [0.3, 0.4) is 0 Å². The minimum Gasteiger partial charge on any atom is -0.333 e. The smallest absolute Gasteiger partial charge is 0.320 e. The number of pyridine rings is 1. The standard InChI is InChI=1S/C17H18N4O2/c1-12-5-7-14(8-6-12)21-11-13(10-16(21)22)19-17(23)20-15-4-2-3-9-18-15/h2-9,13H,10-11H2,1H3,(H2,18,19,20,23). The van der Waals surface area contributed by atoms with Gasteiger partial charge in [-0.3, -0.25) is 10.1 Å². The normalized spacial score (nSPS) is 17.2. The fraction of sp³-hybridized carbons (Fsp3) is 0.235. The molecule has 1 unspecified atom stereocenters. The lowest BCUT2D eigenvalue weighted by Gasteiger charge is -2.17. The molecule has 2 aromatic rings. The van der Waals surface area contributed by atoms with Gasteiger partial charge in [0.2, 0.25) is 5.91 Å². The number of urea groups is 1. The van der Waals surface area contributed by atoms with Crippen molar-refractivity contribution in [2.45, 2.75) is 19.4 Å². The van der Waals surface area contributed by atoms with Crippen LogP contribution in [0.2, 0.25) is 0 Å². The van der Waals surface area contributed by atoms with Crippen LogP contribution in [-0.2, 0) is 4.79 Å². The summed E-state index contributed by atoms with van der Waals surface area (Å²) in [5.74, 6) is 0.488. The molecule has 1 saturated heterocycles. The Hall–Kier alpha value is -2.89. The van der Waals surface area contributed by atoms with Gasteiger partial charge < -0.3 is 10.2 Å². The largest absolute Gasteiger partial charge is 0.333 e. The van der Waals surface area contributed by atoms with E-state index >= 15 is 0 Å². The van der Waals surface area contributed by atoms with E-state index in [4.69, 9.17) is 0 Å². The Bertz CT molecular complexity index is 700. The molecule has 3 rings (SSSR count). The van der Waals surface area contributed by atoms with Gasteiger partial charge in [-0.1, -0.05) is 23.8 Å². The molecule has 1 fully saturated rings. The summed E-state index contributed by atoms with van der Waals surface area (Å²) >= 11 is 0. The zero-order chi connectivity index (χ0) is 16.2. The Balaban J connectivity index is 1.59. The number of carbonyl (C=O) groups is 2. The van der Waals surface area contributed by atoms with E-state index in [1.807, 2.05) is 31.2 Å². The number of nitrogens with one attached hydrogen (secondary N) is 2. The van der Waals surface area contributed by atoms with Gasteiger partial charge in [-0.15, -0.1) is 0 Å². The summed E-state index contributed by atoms with van der Waals surface area (Å²) in [6.45, 7) is 2.47. The van der Waals surface area contributed by atoms with Crippen molar-refractivity contribution in [3.8, 4) is 0 Å². The predicted octanol–water partition coefficient (Wildman–Crippen LogP) is 2.32. The molecule has 0 spiro atoms. The van der Waals surface area contributed by atoms with Crippen LogP contribution in [0.15, 0.2) is 48.7 Å². The monoisotopic (exact) mass is 310 g/mol. The highest BCUT2D eigenvalue weighted by atomic mass is 16.2. The van der Waals surface area contributed by atoms with Crippen molar-refractivity contribution in [2.75, 3.05) is 16.8 Å². The molecule has 1 aliphatic heterocycles. The zero-order valence-electron chi connectivity index (χ0n) is 12.8. The SMILES string of the molecule is Cc1ccc(N2CC(NC(=O)Nc3ccccn3)CC2=O)cc1. The summed E-state index contributed by atoms with van der Waals surface area (Å²) in [5.41, 5.74) is 2.00. The molecule has 0 aliphatic carbocycles. The molecule has 1 aromatic heterocycles. The maximum Gasteiger partial charge on any atom is 0.320 e. The minimum absolute atomic E-state index is 0.0111. The van der Waals surface area contributed by atoms with Crippen molar-refractivity contribution in [3.05, 3.63) is 54.2 Å². The molecule has 6 nitrogen and oxygen atoms in total. The van der Waals surface area contributed by atoms with Gasteiger partial charge in [0.05, 0.1) is 6.04 Å². The molecule has 23 heavy (non-hydrogen) atoms. The predicted molar refractivity (Wildman–Crippen MR) is 88.3 cm³/mol. The number of hydrogen-bond donors (Lipinski definition) is 2. The molecular formula is C17H18N4O2. The van der Waals surface area contributed by atoms with E-state index < -0.39 is 0 Å². The van der Waals surface area contributed by atoms with Gasteiger partial charge in [-0.05, 0) is 31.2 Å². The second-order valence-electron chi connectivity index (χ2n) is 5.55. The molecule has 6 heteroatoms. The first-order valence-corrected chi connectivity index (χ1v) is 7.47. The third-order valence-corrected chi connectivity index (χ3v) is 3.71. The van der Waals surface area contributed by atoms with E-state index in [0.717, 1.165) is 11.3 Å². The van der Waals surface area contributed by atoms with E-state index in [-0.39, 0.29) is 18.0 Å². The molecule has 1 aliphatic rings. The van der Waals surface area contributed by atoms with E-state index in [1.165, 1.54) is 0 Å². The Morgan fingerprint density at radius 3 is 2.70 bits per heavy atom. The van der Waals surface area contributed by atoms with Crippen LogP contribution < -0.4 is 15.5 Å². The molecule has 0 radical (unpaired) electrons. The van der Waals surface area contributed by atoms with Crippen LogP contribution in [0.5, 0.6) is 0 Å². The molecule has 0 bridgehead atoms. The highest BCUT2D eigenvalue weighted by Gasteiger charge is 2.31. The van der Waals surface area contributed by atoms with Crippen molar-refractivity contribution in [1.82, 2.24) is 10.3 Å². The van der Waals surface area contributed by atoms with Crippen molar-refractivity contribution in [3.63, 3.8) is 0 Å². The van der Waals surface area contributed by atoms with E-state index in [9.17, 15) is 9.59 Å². The van der Waals surface area contributed by atoms with E-state index in [1.54, 1.807) is 29.3 Å². The summed E-state index contributed by atoms with van der Waals surface area (Å²) in [6.07, 6.45) is 1.90. The Morgan fingerprint density at radius 1 is 1.22 bits per heavy atom. The fourth-order valence-corrected chi connectivity index (χ4v) is 2.55. The third kappa shape index (κ3) is 3.66. The second-order valence-corrected chi connectivity index (χ2v) is 5.55. The van der Waals surface area contributed by atoms with Gasteiger partial charge in [-0.25, -0.2) is 9.78 Å². The van der Waals surface area contributed by atoms with Gasteiger partial charge in [0, 0.05) is 24.8 Å². The van der Waals surface area contributed by atoms with Gasteiger partial charge in [0.1, 0.15) is 5.82 Å². The summed E-state index contributed by atoms with van der Waals surface area (Å²) in [4.78, 5) is 29.9. The molecule has 3 amide bonds. The quantitative estimate of drug-likeness (QED) is 0.913. The summed E-state index contributed by atoms with van der Waals surface area (Å²) in [6, 6.07) is 12.5. The lowest BCUT2D eigenvalue weighted by Crippen LogP contribution is -2.39. The van der Waals surface area contributed by atoms with Crippen LogP contribution in [0.4, 0.5) is 16.3 Å². The first-order chi connectivity index (χ1) is 11.1. The number of anilines is 2.